The van der Waals surface area contributed by atoms with Crippen LogP contribution in [-0.2, 0) is 0 Å². The number of hydrogen-bond donors (Lipinski definition) is 1. The lowest BCUT2D eigenvalue weighted by Gasteiger charge is -2.05. The average molecular weight is 185 g/mol. The van der Waals surface area contributed by atoms with Gasteiger partial charge in [-0.3, -0.25) is 9.97 Å². The fraction of sp³-hybridized carbons (Fsp3) is 0.0909. The Morgan fingerprint density at radius 3 is 2.57 bits per heavy atom. The molecule has 3 heteroatoms. The molecule has 0 unspecified atom stereocenters. The van der Waals surface area contributed by atoms with E-state index in [-0.39, 0.29) is 0 Å². The molecule has 0 saturated heterocycles. The summed E-state index contributed by atoms with van der Waals surface area (Å²) in [6.07, 6.45) is 3.54. The molecule has 0 saturated carbocycles. The summed E-state index contributed by atoms with van der Waals surface area (Å²) in [6, 6.07) is 9.68. The maximum Gasteiger partial charge on any atom is 0.112 e. The van der Waals surface area contributed by atoms with Gasteiger partial charge in [-0.1, -0.05) is 6.07 Å². The molecule has 0 fully saturated rings. The van der Waals surface area contributed by atoms with E-state index in [2.05, 4.69) is 15.3 Å². The van der Waals surface area contributed by atoms with Gasteiger partial charge in [-0.15, -0.1) is 0 Å². The molecule has 0 radical (unpaired) electrons. The molecule has 0 spiro atoms. The van der Waals surface area contributed by atoms with Crippen molar-refractivity contribution in [2.45, 2.75) is 0 Å². The summed E-state index contributed by atoms with van der Waals surface area (Å²) in [5.41, 5.74) is 2.76. The topological polar surface area (TPSA) is 37.8 Å². The second-order valence-corrected chi connectivity index (χ2v) is 2.86. The highest BCUT2D eigenvalue weighted by Gasteiger charge is 2.04. The quantitative estimate of drug-likeness (QED) is 0.779. The van der Waals surface area contributed by atoms with Crippen LogP contribution in [0.4, 0.5) is 5.69 Å². The number of nitrogens with zero attached hydrogens (tertiary/aromatic N) is 2. The highest BCUT2D eigenvalue weighted by Crippen LogP contribution is 2.22. The number of anilines is 1. The van der Waals surface area contributed by atoms with Gasteiger partial charge in [0.15, 0.2) is 0 Å². The molecule has 0 bridgehead atoms. The molecule has 1 N–H and O–H groups in total. The van der Waals surface area contributed by atoms with E-state index in [1.54, 1.807) is 12.4 Å². The zero-order valence-electron chi connectivity index (χ0n) is 7.94. The van der Waals surface area contributed by atoms with Crippen molar-refractivity contribution in [2.75, 3.05) is 12.4 Å². The predicted molar refractivity (Wildman–Crippen MR) is 57.0 cm³/mol. The van der Waals surface area contributed by atoms with Gasteiger partial charge in [0.25, 0.3) is 0 Å². The van der Waals surface area contributed by atoms with Crippen LogP contribution >= 0.6 is 0 Å². The Labute approximate surface area is 82.8 Å². The first-order chi connectivity index (χ1) is 6.92. The third kappa shape index (κ3) is 1.57. The largest absolute Gasteiger partial charge is 0.386 e. The standard InChI is InChI=1S/C11H11N3/c1-12-9-6-4-8-14-11(9)10-5-2-3-7-13-10/h2-8,12H,1H3. The summed E-state index contributed by atoms with van der Waals surface area (Å²) in [5.74, 6) is 0. The Morgan fingerprint density at radius 1 is 1.00 bits per heavy atom. The molecule has 70 valence electrons. The molecule has 0 aromatic carbocycles. The fourth-order valence-electron chi connectivity index (χ4n) is 1.31. The molecule has 0 aliphatic carbocycles. The molecule has 2 rings (SSSR count). The van der Waals surface area contributed by atoms with Gasteiger partial charge in [-0.05, 0) is 24.3 Å². The van der Waals surface area contributed by atoms with E-state index in [9.17, 15) is 0 Å². The van der Waals surface area contributed by atoms with Crippen molar-refractivity contribution in [1.29, 1.82) is 0 Å². The SMILES string of the molecule is CNc1cccnc1-c1ccccn1. The van der Waals surface area contributed by atoms with E-state index in [1.807, 2.05) is 37.4 Å². The van der Waals surface area contributed by atoms with Crippen LogP contribution in [0.1, 0.15) is 0 Å². The van der Waals surface area contributed by atoms with Crippen LogP contribution in [-0.4, -0.2) is 17.0 Å². The molecule has 2 aromatic heterocycles. The zero-order valence-corrected chi connectivity index (χ0v) is 7.94. The Hall–Kier alpha value is -1.90. The molecular formula is C11H11N3. The van der Waals surface area contributed by atoms with Crippen molar-refractivity contribution in [1.82, 2.24) is 9.97 Å². The minimum atomic E-state index is 0.885. The summed E-state index contributed by atoms with van der Waals surface area (Å²) < 4.78 is 0. The van der Waals surface area contributed by atoms with Crippen molar-refractivity contribution in [3.8, 4) is 11.4 Å². The lowest BCUT2D eigenvalue weighted by Crippen LogP contribution is -1.94. The van der Waals surface area contributed by atoms with Gasteiger partial charge in [-0.25, -0.2) is 0 Å². The monoisotopic (exact) mass is 185 g/mol. The lowest BCUT2D eigenvalue weighted by molar-refractivity contribution is 1.24. The normalized spacial score (nSPS) is 9.79. The van der Waals surface area contributed by atoms with Gasteiger partial charge in [0.05, 0.1) is 11.4 Å². The maximum absolute atomic E-state index is 4.29. The number of hydrogen-bond acceptors (Lipinski definition) is 3. The van der Waals surface area contributed by atoms with Crippen molar-refractivity contribution < 1.29 is 0 Å². The smallest absolute Gasteiger partial charge is 0.112 e. The van der Waals surface area contributed by atoms with E-state index < -0.39 is 0 Å². The summed E-state index contributed by atoms with van der Waals surface area (Å²) in [7, 11) is 1.88. The van der Waals surface area contributed by atoms with Crippen molar-refractivity contribution >= 4 is 5.69 Å². The Morgan fingerprint density at radius 2 is 1.86 bits per heavy atom. The lowest BCUT2D eigenvalue weighted by atomic mass is 10.2. The molecular weight excluding hydrogens is 174 g/mol. The van der Waals surface area contributed by atoms with Crippen LogP contribution in [0, 0.1) is 0 Å². The predicted octanol–water partition coefficient (Wildman–Crippen LogP) is 2.19. The van der Waals surface area contributed by atoms with Gasteiger partial charge in [0.2, 0.25) is 0 Å². The Balaban J connectivity index is 2.51. The highest BCUT2D eigenvalue weighted by atomic mass is 14.9. The number of nitrogens with one attached hydrogen (secondary N) is 1. The van der Waals surface area contributed by atoms with E-state index in [0.29, 0.717) is 0 Å². The first-order valence-corrected chi connectivity index (χ1v) is 4.46. The van der Waals surface area contributed by atoms with Crippen LogP contribution in [0.3, 0.4) is 0 Å². The van der Waals surface area contributed by atoms with Gasteiger partial charge < -0.3 is 5.32 Å². The molecule has 0 aliphatic rings. The van der Waals surface area contributed by atoms with Crippen LogP contribution in [0.2, 0.25) is 0 Å². The average Bonchev–Trinajstić information content (AvgIpc) is 2.30. The summed E-state index contributed by atoms with van der Waals surface area (Å²) in [5, 5.41) is 3.09. The van der Waals surface area contributed by atoms with E-state index in [1.165, 1.54) is 0 Å². The minimum Gasteiger partial charge on any atom is -0.386 e. The fourth-order valence-corrected chi connectivity index (χ4v) is 1.31. The first-order valence-electron chi connectivity index (χ1n) is 4.46. The second kappa shape index (κ2) is 3.87. The summed E-state index contributed by atoms with van der Waals surface area (Å²) in [6.45, 7) is 0. The molecule has 0 aliphatic heterocycles. The molecule has 2 aromatic rings. The Bertz CT molecular complexity index is 412. The number of aromatic nitrogens is 2. The summed E-state index contributed by atoms with van der Waals surface area (Å²) >= 11 is 0. The third-order valence-electron chi connectivity index (χ3n) is 1.98. The van der Waals surface area contributed by atoms with Gasteiger partial charge in [0, 0.05) is 19.4 Å². The van der Waals surface area contributed by atoms with Crippen molar-refractivity contribution in [3.63, 3.8) is 0 Å². The van der Waals surface area contributed by atoms with E-state index >= 15 is 0 Å². The zero-order chi connectivity index (χ0) is 9.80. The van der Waals surface area contributed by atoms with Crippen LogP contribution in [0.15, 0.2) is 42.7 Å². The molecule has 0 atom stereocenters. The van der Waals surface area contributed by atoms with Gasteiger partial charge in [-0.2, -0.15) is 0 Å². The molecule has 2 heterocycles. The van der Waals surface area contributed by atoms with Crippen molar-refractivity contribution in [2.24, 2.45) is 0 Å². The van der Waals surface area contributed by atoms with E-state index in [4.69, 9.17) is 0 Å². The van der Waals surface area contributed by atoms with Crippen LogP contribution in [0.25, 0.3) is 11.4 Å². The van der Waals surface area contributed by atoms with E-state index in [0.717, 1.165) is 17.1 Å². The van der Waals surface area contributed by atoms with Crippen LogP contribution < -0.4 is 5.32 Å². The summed E-state index contributed by atoms with van der Waals surface area (Å²) in [4.78, 5) is 8.55. The first kappa shape index (κ1) is 8.69. The Kier molecular flexibility index (Phi) is 2.40. The second-order valence-electron chi connectivity index (χ2n) is 2.86. The number of rotatable bonds is 2. The van der Waals surface area contributed by atoms with Gasteiger partial charge >= 0.3 is 0 Å². The van der Waals surface area contributed by atoms with Gasteiger partial charge in [0.1, 0.15) is 5.69 Å². The molecule has 3 nitrogen and oxygen atoms in total. The highest BCUT2D eigenvalue weighted by molar-refractivity contribution is 5.70. The third-order valence-corrected chi connectivity index (χ3v) is 1.98. The number of pyridine rings is 2. The minimum absolute atomic E-state index is 0.885. The van der Waals surface area contributed by atoms with Crippen molar-refractivity contribution in [3.05, 3.63) is 42.7 Å². The maximum atomic E-state index is 4.29. The van der Waals surface area contributed by atoms with Crippen LogP contribution in [0.5, 0.6) is 0 Å². The molecule has 0 amide bonds. The molecule has 14 heavy (non-hydrogen) atoms.